The van der Waals surface area contributed by atoms with Gasteiger partial charge in [-0.1, -0.05) is 13.8 Å². The van der Waals surface area contributed by atoms with Gasteiger partial charge < -0.3 is 15.0 Å². The van der Waals surface area contributed by atoms with E-state index in [1.807, 2.05) is 37.8 Å². The number of hydrogen-bond donors (Lipinski definition) is 2. The molecule has 206 valence electrons. The molecule has 4 aliphatic rings. The maximum absolute atomic E-state index is 15.4. The van der Waals surface area contributed by atoms with Gasteiger partial charge in [-0.15, -0.1) is 0 Å². The van der Waals surface area contributed by atoms with Crippen molar-refractivity contribution in [2.45, 2.75) is 64.6 Å². The molecule has 2 N–H and O–H groups in total. The number of aromatic nitrogens is 5. The van der Waals surface area contributed by atoms with Gasteiger partial charge in [-0.25, -0.2) is 14.6 Å². The van der Waals surface area contributed by atoms with Gasteiger partial charge in [0.15, 0.2) is 5.65 Å². The van der Waals surface area contributed by atoms with Gasteiger partial charge in [0.2, 0.25) is 0 Å². The molecule has 0 spiro atoms. The van der Waals surface area contributed by atoms with E-state index in [0.717, 1.165) is 23.4 Å². The fraction of sp³-hybridized carbons (Fsp3) is 0.556. The first-order chi connectivity index (χ1) is 18.6. The molecule has 0 radical (unpaired) electrons. The molecule has 3 saturated carbocycles. The van der Waals surface area contributed by atoms with Crippen LogP contribution in [0.4, 0.5) is 10.2 Å². The summed E-state index contributed by atoms with van der Waals surface area (Å²) in [4.78, 5) is 27.9. The van der Waals surface area contributed by atoms with E-state index in [1.165, 1.54) is 12.8 Å². The highest BCUT2D eigenvalue weighted by Gasteiger charge is 2.45. The Morgan fingerprint density at radius 1 is 1.32 bits per heavy atom. The summed E-state index contributed by atoms with van der Waals surface area (Å²) in [6.07, 6.45) is 4.58. The summed E-state index contributed by atoms with van der Waals surface area (Å²) in [5.41, 5.74) is 1.64. The Labute approximate surface area is 225 Å². The fourth-order valence-electron chi connectivity index (χ4n) is 5.75. The van der Waals surface area contributed by atoms with Gasteiger partial charge in [-0.2, -0.15) is 15.1 Å². The van der Waals surface area contributed by atoms with Gasteiger partial charge in [-0.05, 0) is 56.6 Å². The van der Waals surface area contributed by atoms with E-state index in [1.54, 1.807) is 12.3 Å². The number of ether oxygens (including phenoxy) is 1. The van der Waals surface area contributed by atoms with Gasteiger partial charge in [0.05, 0.1) is 18.8 Å². The molecule has 38 heavy (non-hydrogen) atoms. The first-order valence-electron chi connectivity index (χ1n) is 13.4. The zero-order valence-corrected chi connectivity index (χ0v) is 22.1. The van der Waals surface area contributed by atoms with Crippen molar-refractivity contribution in [1.82, 2.24) is 30.5 Å². The highest BCUT2D eigenvalue weighted by atomic mass is 19.1. The summed E-state index contributed by atoms with van der Waals surface area (Å²) in [5, 5.41) is 17.7. The lowest BCUT2D eigenvalue weighted by atomic mass is 9.84. The number of rotatable bonds is 6. The number of carbonyl (C=O) groups excluding carboxylic acids is 1. The highest BCUT2D eigenvalue weighted by molar-refractivity contribution is 5.93. The van der Waals surface area contributed by atoms with Crippen LogP contribution in [0.3, 0.4) is 0 Å². The van der Waals surface area contributed by atoms with Gasteiger partial charge in [0.1, 0.15) is 17.7 Å². The van der Waals surface area contributed by atoms with E-state index in [9.17, 15) is 4.79 Å². The second-order valence-corrected chi connectivity index (χ2v) is 9.61. The van der Waals surface area contributed by atoms with E-state index in [2.05, 4.69) is 37.0 Å². The fourth-order valence-corrected chi connectivity index (χ4v) is 5.75. The van der Waals surface area contributed by atoms with Crippen molar-refractivity contribution in [2.75, 3.05) is 24.6 Å². The molecular formula is C27H39FN8O2. The molecule has 1 amide bonds. The van der Waals surface area contributed by atoms with Crippen LogP contribution in [-0.4, -0.2) is 63.0 Å². The van der Waals surface area contributed by atoms with Crippen LogP contribution >= 0.6 is 0 Å². The molecule has 2 bridgehead atoms. The predicted octanol–water partition coefficient (Wildman–Crippen LogP) is 4.66. The average molecular weight is 527 g/mol. The first-order valence-corrected chi connectivity index (χ1v) is 13.4. The Morgan fingerprint density at radius 2 is 2.11 bits per heavy atom. The van der Waals surface area contributed by atoms with Crippen LogP contribution in [0.25, 0.3) is 11.0 Å². The van der Waals surface area contributed by atoms with Crippen molar-refractivity contribution in [3.63, 3.8) is 0 Å². The molecule has 3 aromatic heterocycles. The van der Waals surface area contributed by atoms with Crippen molar-refractivity contribution < 1.29 is 16.8 Å². The second kappa shape index (κ2) is 12.2. The molecule has 3 atom stereocenters. The summed E-state index contributed by atoms with van der Waals surface area (Å²) in [6, 6.07) is 5.76. The Morgan fingerprint density at radius 3 is 2.79 bits per heavy atom. The van der Waals surface area contributed by atoms with E-state index in [0.29, 0.717) is 37.0 Å². The number of alkyl halides is 1. The van der Waals surface area contributed by atoms with Gasteiger partial charge in [0.25, 0.3) is 5.91 Å². The summed E-state index contributed by atoms with van der Waals surface area (Å²) in [5.74, 6) is 1.32. The molecule has 1 aliphatic heterocycles. The first kappa shape index (κ1) is 27.2. The smallest absolute Gasteiger partial charge is 0.319 e. The third-order valence-corrected chi connectivity index (χ3v) is 7.54. The third-order valence-electron chi connectivity index (χ3n) is 7.54. The van der Waals surface area contributed by atoms with Crippen molar-refractivity contribution in [2.24, 2.45) is 11.8 Å². The molecule has 4 heterocycles. The molecule has 4 fully saturated rings. The van der Waals surface area contributed by atoms with E-state index in [4.69, 9.17) is 10.00 Å². The van der Waals surface area contributed by atoms with Crippen LogP contribution in [0.1, 0.15) is 71.4 Å². The quantitative estimate of drug-likeness (QED) is 0.474. The SMILES string of the molecule is C#N.CC.CCOc1nc(C(=O)NC2CC3CC2C3)cc(N2CCC(c3[nH]nc4ncccc34)C(F)C2)n1.[HH].[HH]. The number of halogens is 1. The summed E-state index contributed by atoms with van der Waals surface area (Å²) in [7, 11) is 0. The van der Waals surface area contributed by atoms with E-state index in [-0.39, 0.29) is 39.0 Å². The standard InChI is InChI=1S/C24H28FN7O2.C2H6.CHN.2H2/c1-2-34-24-28-19(23(33)27-18-10-13-8-14(18)9-13)11-20(29-24)32-7-5-15(17(25)12-32)21-16-4-3-6-26-22(16)31-30-21;2*1-2;;/h3-4,6,11,13-15,17-18H,2,5,7-10,12H2,1H3,(H,27,33)(H,26,30,31);1-2H3;1H;2*1H. The number of nitriles is 1. The highest BCUT2D eigenvalue weighted by Crippen LogP contribution is 2.48. The minimum absolute atomic E-state index is 0. The Kier molecular flexibility index (Phi) is 8.71. The number of anilines is 1. The molecule has 1 saturated heterocycles. The Bertz CT molecular complexity index is 1270. The minimum atomic E-state index is -1.13. The molecular weight excluding hydrogens is 487 g/mol. The van der Waals surface area contributed by atoms with E-state index < -0.39 is 6.17 Å². The van der Waals surface area contributed by atoms with Crippen molar-refractivity contribution in [3.8, 4) is 12.6 Å². The average Bonchev–Trinajstić information content (AvgIpc) is 3.65. The number of amides is 1. The number of nitrogens with one attached hydrogen (secondary N) is 2. The van der Waals surface area contributed by atoms with Gasteiger partial charge in [-0.3, -0.25) is 9.89 Å². The van der Waals surface area contributed by atoms with Crippen LogP contribution in [0.15, 0.2) is 24.4 Å². The summed E-state index contributed by atoms with van der Waals surface area (Å²) < 4.78 is 21.0. The maximum atomic E-state index is 15.4. The minimum Gasteiger partial charge on any atom is -0.464 e. The zero-order valence-electron chi connectivity index (χ0n) is 22.1. The number of fused-ring (bicyclic) bond motifs is 2. The number of nitrogens with zero attached hydrogens (tertiary/aromatic N) is 6. The molecule has 7 rings (SSSR count). The Hall–Kier alpha value is -3.81. The monoisotopic (exact) mass is 526 g/mol. The topological polar surface area (TPSA) is 133 Å². The normalized spacial score (nSPS) is 25.3. The maximum Gasteiger partial charge on any atom is 0.319 e. The number of aromatic amines is 1. The number of carbonyl (C=O) groups is 1. The Balaban J connectivity index is 0.000000896. The zero-order chi connectivity index (χ0) is 27.2. The van der Waals surface area contributed by atoms with Crippen molar-refractivity contribution >= 4 is 22.8 Å². The lowest BCUT2D eigenvalue weighted by Crippen LogP contribution is -2.42. The third kappa shape index (κ3) is 5.39. The van der Waals surface area contributed by atoms with Gasteiger partial charge >= 0.3 is 6.01 Å². The van der Waals surface area contributed by atoms with Crippen molar-refractivity contribution in [1.29, 1.82) is 5.26 Å². The van der Waals surface area contributed by atoms with Crippen LogP contribution in [0.2, 0.25) is 0 Å². The summed E-state index contributed by atoms with van der Waals surface area (Å²) >= 11 is 0. The van der Waals surface area contributed by atoms with Crippen LogP contribution in [0, 0.1) is 23.7 Å². The van der Waals surface area contributed by atoms with E-state index >= 15 is 4.39 Å². The predicted molar refractivity (Wildman–Crippen MR) is 146 cm³/mol. The lowest BCUT2D eigenvalue weighted by molar-refractivity contribution is 0.0922. The number of hydrogen-bond acceptors (Lipinski definition) is 8. The number of H-pyrrole nitrogens is 1. The molecule has 10 nitrogen and oxygen atoms in total. The van der Waals surface area contributed by atoms with Crippen LogP contribution < -0.4 is 15.0 Å². The van der Waals surface area contributed by atoms with Gasteiger partial charge in [0, 0.05) is 45.6 Å². The van der Waals surface area contributed by atoms with Crippen LogP contribution in [-0.2, 0) is 0 Å². The molecule has 0 aromatic carbocycles. The summed E-state index contributed by atoms with van der Waals surface area (Å²) in [6.45, 7) is 10.5. The van der Waals surface area contributed by atoms with Crippen molar-refractivity contribution in [3.05, 3.63) is 35.8 Å². The molecule has 3 aromatic rings. The second-order valence-electron chi connectivity index (χ2n) is 9.61. The molecule has 11 heteroatoms. The van der Waals surface area contributed by atoms with Crippen LogP contribution in [0.5, 0.6) is 6.01 Å². The molecule has 3 aliphatic carbocycles. The number of pyridine rings is 1. The molecule has 3 unspecified atom stereocenters. The largest absolute Gasteiger partial charge is 0.464 e. The number of piperidine rings is 1. The lowest BCUT2D eigenvalue weighted by Gasteiger charge is -2.35.